The summed E-state index contributed by atoms with van der Waals surface area (Å²) in [5.41, 5.74) is 8.11. The lowest BCUT2D eigenvalue weighted by molar-refractivity contribution is -0.112. The van der Waals surface area contributed by atoms with Crippen LogP contribution in [0.2, 0.25) is 0 Å². The molecule has 0 radical (unpaired) electrons. The average molecular weight is 581 g/mol. The second-order valence-corrected chi connectivity index (χ2v) is 11.1. The fourth-order valence-corrected chi connectivity index (χ4v) is 5.28. The number of nitrogens with one attached hydrogen (secondary N) is 1. The van der Waals surface area contributed by atoms with Gasteiger partial charge in [0.25, 0.3) is 0 Å². The van der Waals surface area contributed by atoms with Crippen LogP contribution < -0.4 is 10.1 Å². The van der Waals surface area contributed by atoms with E-state index in [0.29, 0.717) is 31.0 Å². The Labute approximate surface area is 258 Å². The van der Waals surface area contributed by atoms with Crippen molar-refractivity contribution < 1.29 is 14.3 Å². The Kier molecular flexibility index (Phi) is 14.6. The van der Waals surface area contributed by atoms with E-state index in [1.54, 1.807) is 6.07 Å². The van der Waals surface area contributed by atoms with Crippen LogP contribution in [0.15, 0.2) is 86.0 Å². The van der Waals surface area contributed by atoms with Gasteiger partial charge in [-0.1, -0.05) is 68.1 Å². The van der Waals surface area contributed by atoms with E-state index >= 15 is 0 Å². The molecule has 0 bridgehead atoms. The van der Waals surface area contributed by atoms with Crippen molar-refractivity contribution in [2.75, 3.05) is 20.3 Å². The first-order valence-electron chi connectivity index (χ1n) is 15.5. The maximum atomic E-state index is 11.6. The highest BCUT2D eigenvalue weighted by atomic mass is 16.5. The van der Waals surface area contributed by atoms with E-state index in [1.807, 2.05) is 30.2 Å². The molecule has 0 aliphatic rings. The first-order chi connectivity index (χ1) is 21.0. The minimum atomic E-state index is -0.225. The lowest BCUT2D eigenvalue weighted by Gasteiger charge is -2.24. The molecule has 0 heterocycles. The average Bonchev–Trinajstić information content (AvgIpc) is 3.04. The number of unbranched alkanes of at least 4 members (excludes halogenated alkanes) is 1. The molecule has 0 saturated heterocycles. The third kappa shape index (κ3) is 11.1. The molecule has 1 atom stereocenters. The van der Waals surface area contributed by atoms with Gasteiger partial charge in [-0.2, -0.15) is 0 Å². The van der Waals surface area contributed by atoms with Crippen molar-refractivity contribution in [3.63, 3.8) is 0 Å². The summed E-state index contributed by atoms with van der Waals surface area (Å²) < 4.78 is 5.92. The summed E-state index contributed by atoms with van der Waals surface area (Å²) in [6, 6.07) is 22.8. The van der Waals surface area contributed by atoms with Gasteiger partial charge in [0.05, 0.1) is 6.04 Å². The molecule has 3 rings (SSSR count). The zero-order chi connectivity index (χ0) is 30.9. The topological polar surface area (TPSA) is 58.6 Å². The molecule has 228 valence electrons. The van der Waals surface area contributed by atoms with Crippen molar-refractivity contribution in [3.05, 3.63) is 119 Å². The number of benzene rings is 3. The SMILES string of the molecule is C=CCCC(C=O)N(C)Cc1cc(OCNCCCCC(=C)c2ccc(CC)c(CCc3ccccc3)c2)ccc1C=O. The Bertz CT molecular complexity index is 1320. The van der Waals surface area contributed by atoms with Crippen molar-refractivity contribution in [2.45, 2.75) is 70.9 Å². The van der Waals surface area contributed by atoms with Crippen molar-refractivity contribution in [3.8, 4) is 5.75 Å². The van der Waals surface area contributed by atoms with Crippen LogP contribution in [0.25, 0.3) is 5.57 Å². The molecule has 0 aromatic heterocycles. The van der Waals surface area contributed by atoms with Crippen LogP contribution in [0.1, 0.15) is 77.2 Å². The number of hydrogen-bond donors (Lipinski definition) is 1. The summed E-state index contributed by atoms with van der Waals surface area (Å²) in [6.07, 6.45) is 11.3. The second kappa shape index (κ2) is 18.7. The molecule has 0 amide bonds. The summed E-state index contributed by atoms with van der Waals surface area (Å²) in [7, 11) is 1.89. The maximum Gasteiger partial charge on any atom is 0.150 e. The van der Waals surface area contributed by atoms with E-state index in [1.165, 1.54) is 27.8 Å². The van der Waals surface area contributed by atoms with Gasteiger partial charge >= 0.3 is 0 Å². The zero-order valence-electron chi connectivity index (χ0n) is 26.0. The first-order valence-corrected chi connectivity index (χ1v) is 15.5. The number of hydrogen-bond acceptors (Lipinski definition) is 5. The monoisotopic (exact) mass is 580 g/mol. The lowest BCUT2D eigenvalue weighted by Crippen LogP contribution is -2.32. The zero-order valence-corrected chi connectivity index (χ0v) is 26.0. The first kappa shape index (κ1) is 33.7. The minimum absolute atomic E-state index is 0.225. The van der Waals surface area contributed by atoms with Gasteiger partial charge in [-0.25, -0.2) is 0 Å². The standard InChI is InChI=1S/C38H48N2O3/c1-5-7-16-37(28-42)40(4)26-36-25-38(22-21-35(36)27-41)43-29-39-23-12-11-13-30(3)33-20-19-32(6-2)34(24-33)18-17-31-14-9-8-10-15-31/h5,8-10,14-15,19-22,24-25,27-28,37,39H,1,3,6-7,11-13,16-18,23,26,29H2,2,4H3. The van der Waals surface area contributed by atoms with E-state index in [0.717, 1.165) is 69.6 Å². The van der Waals surface area contributed by atoms with Gasteiger partial charge < -0.3 is 9.53 Å². The molecule has 0 spiro atoms. The van der Waals surface area contributed by atoms with Gasteiger partial charge in [-0.3, -0.25) is 15.0 Å². The molecule has 3 aromatic rings. The molecule has 0 fully saturated rings. The number of aryl methyl sites for hydroxylation is 3. The molecular weight excluding hydrogens is 532 g/mol. The molecule has 0 aliphatic heterocycles. The Morgan fingerprint density at radius 2 is 1.79 bits per heavy atom. The number of carbonyl (C=O) groups is 2. The van der Waals surface area contributed by atoms with Gasteiger partial charge in [-0.05, 0) is 117 Å². The van der Waals surface area contributed by atoms with Crippen LogP contribution in [0.4, 0.5) is 0 Å². The smallest absolute Gasteiger partial charge is 0.150 e. The van der Waals surface area contributed by atoms with Gasteiger partial charge in [0.15, 0.2) is 0 Å². The van der Waals surface area contributed by atoms with Crippen LogP contribution in [0, 0.1) is 0 Å². The number of carbonyl (C=O) groups excluding carboxylic acids is 2. The normalized spacial score (nSPS) is 11.7. The van der Waals surface area contributed by atoms with Crippen LogP contribution in [-0.4, -0.2) is 43.8 Å². The summed E-state index contributed by atoms with van der Waals surface area (Å²) >= 11 is 0. The van der Waals surface area contributed by atoms with Gasteiger partial charge in [0, 0.05) is 12.1 Å². The van der Waals surface area contributed by atoms with E-state index in [9.17, 15) is 9.59 Å². The maximum absolute atomic E-state index is 11.6. The quantitative estimate of drug-likeness (QED) is 0.0608. The second-order valence-electron chi connectivity index (χ2n) is 11.1. The number of nitrogens with zero attached hydrogens (tertiary/aromatic N) is 1. The molecule has 0 saturated carbocycles. The highest BCUT2D eigenvalue weighted by Crippen LogP contribution is 2.24. The van der Waals surface area contributed by atoms with Gasteiger partial charge in [-0.15, -0.1) is 6.58 Å². The van der Waals surface area contributed by atoms with Crippen molar-refractivity contribution in [1.29, 1.82) is 0 Å². The Morgan fingerprint density at radius 1 is 0.977 bits per heavy atom. The Hall–Kier alpha value is -3.80. The highest BCUT2D eigenvalue weighted by molar-refractivity contribution is 5.77. The van der Waals surface area contributed by atoms with Crippen LogP contribution in [0.3, 0.4) is 0 Å². The van der Waals surface area contributed by atoms with Crippen molar-refractivity contribution in [1.82, 2.24) is 10.2 Å². The third-order valence-corrected chi connectivity index (χ3v) is 8.00. The van der Waals surface area contributed by atoms with Crippen LogP contribution in [0.5, 0.6) is 5.75 Å². The van der Waals surface area contributed by atoms with Crippen molar-refractivity contribution >= 4 is 18.1 Å². The predicted octanol–water partition coefficient (Wildman–Crippen LogP) is 7.62. The summed E-state index contributed by atoms with van der Waals surface area (Å²) in [5.74, 6) is 0.696. The Morgan fingerprint density at radius 3 is 2.51 bits per heavy atom. The molecule has 5 nitrogen and oxygen atoms in total. The Balaban J connectivity index is 1.41. The summed E-state index contributed by atoms with van der Waals surface area (Å²) in [5, 5.41) is 3.36. The van der Waals surface area contributed by atoms with Crippen LogP contribution >= 0.6 is 0 Å². The molecule has 5 heteroatoms. The van der Waals surface area contributed by atoms with Gasteiger partial charge in [0.2, 0.25) is 0 Å². The minimum Gasteiger partial charge on any atom is -0.478 e. The number of likely N-dealkylation sites (N-methyl/N-ethyl adjacent to an activating group) is 1. The molecule has 0 aliphatic carbocycles. The lowest BCUT2D eigenvalue weighted by atomic mass is 9.93. The number of allylic oxidation sites excluding steroid dienone is 2. The number of ether oxygens (including phenoxy) is 1. The number of rotatable bonds is 21. The molecular formula is C38H48N2O3. The van der Waals surface area contributed by atoms with E-state index in [2.05, 4.69) is 73.9 Å². The predicted molar refractivity (Wildman–Crippen MR) is 179 cm³/mol. The summed E-state index contributed by atoms with van der Waals surface area (Å²) in [6.45, 7) is 12.1. The molecule has 43 heavy (non-hydrogen) atoms. The van der Waals surface area contributed by atoms with Gasteiger partial charge in [0.1, 0.15) is 25.1 Å². The molecule has 1 unspecified atom stereocenters. The summed E-state index contributed by atoms with van der Waals surface area (Å²) in [4.78, 5) is 25.1. The van der Waals surface area contributed by atoms with Crippen LogP contribution in [-0.2, 0) is 30.6 Å². The third-order valence-electron chi connectivity index (χ3n) is 8.00. The van der Waals surface area contributed by atoms with E-state index in [-0.39, 0.29) is 6.04 Å². The fraction of sp³-hybridized carbons (Fsp3) is 0.368. The highest BCUT2D eigenvalue weighted by Gasteiger charge is 2.15. The molecule has 1 N–H and O–H groups in total. The number of aldehydes is 2. The van der Waals surface area contributed by atoms with Crippen molar-refractivity contribution in [2.24, 2.45) is 0 Å². The van der Waals surface area contributed by atoms with E-state index < -0.39 is 0 Å². The largest absolute Gasteiger partial charge is 0.478 e. The molecule has 3 aromatic carbocycles. The fourth-order valence-electron chi connectivity index (χ4n) is 5.28. The van der Waals surface area contributed by atoms with E-state index in [4.69, 9.17) is 4.74 Å².